The monoisotopic (exact) mass is 350 g/mol. The van der Waals surface area contributed by atoms with Crippen molar-refractivity contribution in [2.45, 2.75) is 46.0 Å². The van der Waals surface area contributed by atoms with Gasteiger partial charge in [-0.3, -0.25) is 9.59 Å². The minimum atomic E-state index is -0.604. The van der Waals surface area contributed by atoms with Crippen molar-refractivity contribution in [2.75, 3.05) is 7.11 Å². The number of rotatable bonds is 5. The molecule has 0 amide bonds. The molecule has 136 valence electrons. The molecule has 1 aliphatic carbocycles. The van der Waals surface area contributed by atoms with Crippen molar-refractivity contribution in [3.63, 3.8) is 0 Å². The zero-order valence-corrected chi connectivity index (χ0v) is 16.0. The lowest BCUT2D eigenvalue weighted by molar-refractivity contribution is -0.124. The third-order valence-electron chi connectivity index (χ3n) is 5.31. The van der Waals surface area contributed by atoms with E-state index >= 15 is 0 Å². The number of methoxy groups -OCH3 is 1. The van der Waals surface area contributed by atoms with Crippen LogP contribution in [0.25, 0.3) is 0 Å². The molecular weight excluding hydrogens is 324 g/mol. The molecule has 1 saturated carbocycles. The van der Waals surface area contributed by atoms with Gasteiger partial charge < -0.3 is 4.74 Å². The van der Waals surface area contributed by atoms with E-state index in [1.54, 1.807) is 7.11 Å². The van der Waals surface area contributed by atoms with E-state index in [0.717, 1.165) is 35.3 Å². The molecule has 26 heavy (non-hydrogen) atoms. The Labute approximate surface area is 155 Å². The first-order valence-corrected chi connectivity index (χ1v) is 9.20. The molecule has 0 bridgehead atoms. The third-order valence-corrected chi connectivity index (χ3v) is 5.31. The molecule has 2 aromatic rings. The van der Waals surface area contributed by atoms with Crippen molar-refractivity contribution in [1.82, 2.24) is 0 Å². The predicted octanol–water partition coefficient (Wildman–Crippen LogP) is 4.36. The van der Waals surface area contributed by atoms with Crippen molar-refractivity contribution >= 4 is 11.6 Å². The van der Waals surface area contributed by atoms with E-state index in [2.05, 4.69) is 31.2 Å². The Balaban J connectivity index is 1.91. The van der Waals surface area contributed by atoms with Crippen LogP contribution in [0.2, 0.25) is 0 Å². The summed E-state index contributed by atoms with van der Waals surface area (Å²) in [6, 6.07) is 12.5. The number of carbonyl (C=O) groups excluding carboxylic acids is 2. The van der Waals surface area contributed by atoms with E-state index in [1.165, 1.54) is 11.1 Å². The largest absolute Gasteiger partial charge is 0.496 e. The van der Waals surface area contributed by atoms with Gasteiger partial charge in [-0.1, -0.05) is 48.9 Å². The summed E-state index contributed by atoms with van der Waals surface area (Å²) in [5.41, 5.74) is 5.37. The highest BCUT2D eigenvalue weighted by Gasteiger charge is 2.39. The Morgan fingerprint density at radius 2 is 1.73 bits per heavy atom. The lowest BCUT2D eigenvalue weighted by Crippen LogP contribution is -2.15. The molecule has 3 heteroatoms. The molecular formula is C23H26O3. The number of benzene rings is 2. The molecule has 1 aliphatic rings. The van der Waals surface area contributed by atoms with E-state index in [0.29, 0.717) is 6.42 Å². The highest BCUT2D eigenvalue weighted by atomic mass is 16.5. The number of ketones is 2. The second-order valence-corrected chi connectivity index (χ2v) is 7.42. The summed E-state index contributed by atoms with van der Waals surface area (Å²) >= 11 is 0. The van der Waals surface area contributed by atoms with Crippen molar-refractivity contribution in [3.05, 3.63) is 64.2 Å². The molecule has 0 heterocycles. The van der Waals surface area contributed by atoms with Crippen LogP contribution in [0.1, 0.15) is 47.1 Å². The molecule has 3 nitrogen and oxygen atoms in total. The molecule has 3 rings (SSSR count). The summed E-state index contributed by atoms with van der Waals surface area (Å²) in [7, 11) is 1.67. The number of ether oxygens (including phenoxy) is 1. The van der Waals surface area contributed by atoms with Gasteiger partial charge in [0.1, 0.15) is 17.5 Å². The lowest BCUT2D eigenvalue weighted by atomic mass is 9.90. The second kappa shape index (κ2) is 7.45. The van der Waals surface area contributed by atoms with E-state index in [9.17, 15) is 9.59 Å². The highest BCUT2D eigenvalue weighted by Crippen LogP contribution is 2.36. The van der Waals surface area contributed by atoms with E-state index in [4.69, 9.17) is 4.74 Å². The summed E-state index contributed by atoms with van der Waals surface area (Å²) < 4.78 is 5.61. The van der Waals surface area contributed by atoms with Crippen LogP contribution in [0.5, 0.6) is 5.75 Å². The smallest absolute Gasteiger partial charge is 0.150 e. The molecule has 1 fully saturated rings. The molecule has 0 aliphatic heterocycles. The average molecular weight is 350 g/mol. The van der Waals surface area contributed by atoms with Gasteiger partial charge in [0.2, 0.25) is 0 Å². The number of hydrogen-bond donors (Lipinski definition) is 0. The number of hydrogen-bond acceptors (Lipinski definition) is 3. The van der Waals surface area contributed by atoms with Gasteiger partial charge >= 0.3 is 0 Å². The SMILES string of the molecule is COc1c(C)cc(C2C(=O)CC(C)C2=O)cc1CCc1ccc(C)cc1. The van der Waals surface area contributed by atoms with Gasteiger partial charge in [0.05, 0.1) is 7.11 Å². The van der Waals surface area contributed by atoms with Crippen molar-refractivity contribution in [2.24, 2.45) is 5.92 Å². The van der Waals surface area contributed by atoms with Gasteiger partial charge in [-0.05, 0) is 48.9 Å². The summed E-state index contributed by atoms with van der Waals surface area (Å²) in [4.78, 5) is 24.8. The van der Waals surface area contributed by atoms with Crippen LogP contribution < -0.4 is 4.74 Å². The van der Waals surface area contributed by atoms with Crippen LogP contribution in [0, 0.1) is 19.8 Å². The third kappa shape index (κ3) is 3.57. The van der Waals surface area contributed by atoms with Gasteiger partial charge in [-0.2, -0.15) is 0 Å². The fraction of sp³-hybridized carbons (Fsp3) is 0.391. The number of aryl methyl sites for hydroxylation is 4. The fourth-order valence-corrected chi connectivity index (χ4v) is 3.87. The summed E-state index contributed by atoms with van der Waals surface area (Å²) in [6.07, 6.45) is 2.06. The zero-order valence-electron chi connectivity index (χ0n) is 16.0. The van der Waals surface area contributed by atoms with Crippen molar-refractivity contribution in [3.8, 4) is 5.75 Å². The second-order valence-electron chi connectivity index (χ2n) is 7.42. The Kier molecular flexibility index (Phi) is 5.26. The van der Waals surface area contributed by atoms with Gasteiger partial charge in [0.15, 0.2) is 5.78 Å². The van der Waals surface area contributed by atoms with E-state index < -0.39 is 5.92 Å². The Hall–Kier alpha value is -2.42. The van der Waals surface area contributed by atoms with Gasteiger partial charge in [-0.15, -0.1) is 0 Å². The van der Waals surface area contributed by atoms with Crippen LogP contribution in [0.4, 0.5) is 0 Å². The minimum absolute atomic E-state index is 0.0385. The average Bonchev–Trinajstić information content (AvgIpc) is 2.86. The molecule has 0 aromatic heterocycles. The molecule has 2 atom stereocenters. The topological polar surface area (TPSA) is 43.4 Å². The van der Waals surface area contributed by atoms with Crippen LogP contribution >= 0.6 is 0 Å². The summed E-state index contributed by atoms with van der Waals surface area (Å²) in [5.74, 6) is 0.158. The maximum atomic E-state index is 12.5. The van der Waals surface area contributed by atoms with Gasteiger partial charge in [0.25, 0.3) is 0 Å². The summed E-state index contributed by atoms with van der Waals surface area (Å²) in [6.45, 7) is 5.90. The summed E-state index contributed by atoms with van der Waals surface area (Å²) in [5, 5.41) is 0. The fourth-order valence-electron chi connectivity index (χ4n) is 3.87. The first kappa shape index (κ1) is 18.4. The molecule has 0 spiro atoms. The van der Waals surface area contributed by atoms with Gasteiger partial charge in [0, 0.05) is 12.3 Å². The van der Waals surface area contributed by atoms with E-state index in [-0.39, 0.29) is 17.5 Å². The van der Waals surface area contributed by atoms with Crippen LogP contribution in [-0.4, -0.2) is 18.7 Å². The highest BCUT2D eigenvalue weighted by molar-refractivity contribution is 6.14. The van der Waals surface area contributed by atoms with Gasteiger partial charge in [-0.25, -0.2) is 0 Å². The van der Waals surface area contributed by atoms with E-state index in [1.807, 2.05) is 26.0 Å². The Bertz CT molecular complexity index is 833. The molecule has 0 radical (unpaired) electrons. The zero-order chi connectivity index (χ0) is 18.8. The van der Waals surface area contributed by atoms with Crippen LogP contribution in [-0.2, 0) is 22.4 Å². The predicted molar refractivity (Wildman–Crippen MR) is 103 cm³/mol. The molecule has 0 saturated heterocycles. The quantitative estimate of drug-likeness (QED) is 0.753. The molecule has 2 aromatic carbocycles. The lowest BCUT2D eigenvalue weighted by Gasteiger charge is -2.16. The first-order valence-electron chi connectivity index (χ1n) is 9.20. The Morgan fingerprint density at radius 3 is 2.31 bits per heavy atom. The normalized spacial score (nSPS) is 19.8. The standard InChI is InChI=1S/C23H26O3/c1-14-5-7-17(8-6-14)9-10-18-13-19(11-16(3)23(18)26-4)21-20(24)12-15(2)22(21)25/h5-8,11,13,15,21H,9-10,12H2,1-4H3. The maximum Gasteiger partial charge on any atom is 0.150 e. The number of carbonyl (C=O) groups is 2. The molecule has 2 unspecified atom stereocenters. The molecule has 0 N–H and O–H groups in total. The maximum absolute atomic E-state index is 12.5. The van der Waals surface area contributed by atoms with Crippen molar-refractivity contribution < 1.29 is 14.3 Å². The van der Waals surface area contributed by atoms with Crippen LogP contribution in [0.3, 0.4) is 0 Å². The van der Waals surface area contributed by atoms with Crippen LogP contribution in [0.15, 0.2) is 36.4 Å². The van der Waals surface area contributed by atoms with Crippen molar-refractivity contribution in [1.29, 1.82) is 0 Å². The minimum Gasteiger partial charge on any atom is -0.496 e. The number of Topliss-reactive ketones (excluding diaryl/α,β-unsaturated/α-hetero) is 2. The Morgan fingerprint density at radius 1 is 1.04 bits per heavy atom. The first-order chi connectivity index (χ1) is 12.4.